The molecule has 8 nitrogen and oxygen atoms in total. The molecule has 3 aromatic heterocycles. The second-order valence-corrected chi connectivity index (χ2v) is 7.38. The van der Waals surface area contributed by atoms with E-state index in [4.69, 9.17) is 4.74 Å². The average Bonchev–Trinajstić information content (AvgIpc) is 3.15. The van der Waals surface area contributed by atoms with Crippen LogP contribution in [0.5, 0.6) is 5.75 Å². The largest absolute Gasteiger partial charge is 0.491 e. The van der Waals surface area contributed by atoms with Crippen LogP contribution in [0.3, 0.4) is 0 Å². The van der Waals surface area contributed by atoms with Crippen LogP contribution in [-0.4, -0.2) is 44.9 Å². The molecule has 0 aliphatic carbocycles. The number of anilines is 2. The normalized spacial score (nSPS) is 11.0. The molecule has 0 saturated carbocycles. The first-order chi connectivity index (χ1) is 14.2. The fraction of sp³-hybridized carbons (Fsp3) is 0.200. The maximum Gasteiger partial charge on any atom is 0.153 e. The lowest BCUT2D eigenvalue weighted by molar-refractivity contribution is 0.317. The lowest BCUT2D eigenvalue weighted by Crippen LogP contribution is -2.15. The van der Waals surface area contributed by atoms with Gasteiger partial charge in [0.05, 0.1) is 11.7 Å². The number of fused-ring (bicyclic) bond motifs is 1. The van der Waals surface area contributed by atoms with Gasteiger partial charge >= 0.3 is 0 Å². The minimum Gasteiger partial charge on any atom is -0.491 e. The summed E-state index contributed by atoms with van der Waals surface area (Å²) >= 11 is 1.58. The number of nitrogens with zero attached hydrogens (tertiary/aromatic N) is 5. The lowest BCUT2D eigenvalue weighted by atomic mass is 10.2. The third-order valence-electron chi connectivity index (χ3n) is 4.12. The topological polar surface area (TPSA) is 89.8 Å². The van der Waals surface area contributed by atoms with Gasteiger partial charge in [-0.3, -0.25) is 4.68 Å². The van der Waals surface area contributed by atoms with Crippen LogP contribution in [0.2, 0.25) is 0 Å². The maximum absolute atomic E-state index is 5.62. The first kappa shape index (κ1) is 19.2. The Morgan fingerprint density at radius 2 is 2.03 bits per heavy atom. The molecule has 148 valence electrons. The van der Waals surface area contributed by atoms with E-state index in [0.29, 0.717) is 6.61 Å². The zero-order valence-electron chi connectivity index (χ0n) is 16.2. The van der Waals surface area contributed by atoms with Gasteiger partial charge in [-0.15, -0.1) is 0 Å². The van der Waals surface area contributed by atoms with E-state index in [-0.39, 0.29) is 0 Å². The smallest absolute Gasteiger partial charge is 0.153 e. The molecule has 0 bridgehead atoms. The van der Waals surface area contributed by atoms with Crippen molar-refractivity contribution >= 4 is 34.3 Å². The summed E-state index contributed by atoms with van der Waals surface area (Å²) in [5.74, 6) is 2.22. The van der Waals surface area contributed by atoms with Crippen LogP contribution in [-0.2, 0) is 7.05 Å². The average molecular weight is 408 g/mol. The van der Waals surface area contributed by atoms with E-state index >= 15 is 0 Å². The fourth-order valence-corrected chi connectivity index (χ4v) is 3.50. The summed E-state index contributed by atoms with van der Waals surface area (Å²) in [6.07, 6.45) is 5.18. The van der Waals surface area contributed by atoms with E-state index in [1.165, 1.54) is 0 Å². The molecule has 29 heavy (non-hydrogen) atoms. The molecule has 0 saturated heterocycles. The molecule has 0 aliphatic heterocycles. The minimum absolute atomic E-state index is 0.612. The van der Waals surface area contributed by atoms with E-state index in [0.717, 1.165) is 44.8 Å². The van der Waals surface area contributed by atoms with E-state index < -0.39 is 0 Å². The van der Waals surface area contributed by atoms with Gasteiger partial charge in [-0.1, -0.05) is 11.8 Å². The van der Waals surface area contributed by atoms with Gasteiger partial charge in [-0.2, -0.15) is 5.10 Å². The molecule has 0 aliphatic rings. The van der Waals surface area contributed by atoms with Crippen molar-refractivity contribution in [3.05, 3.63) is 55.1 Å². The van der Waals surface area contributed by atoms with E-state index in [9.17, 15) is 0 Å². The Morgan fingerprint density at radius 3 is 2.79 bits per heavy atom. The molecule has 1 aromatic carbocycles. The summed E-state index contributed by atoms with van der Waals surface area (Å²) in [6.45, 7) is 1.41. The molecule has 0 amide bonds. The molecule has 0 radical (unpaired) electrons. The Labute approximate surface area is 172 Å². The van der Waals surface area contributed by atoms with Gasteiger partial charge in [0.25, 0.3) is 0 Å². The molecular formula is C20H21N7OS. The highest BCUT2D eigenvalue weighted by Gasteiger charge is 2.08. The lowest BCUT2D eigenvalue weighted by Gasteiger charge is -2.08. The highest BCUT2D eigenvalue weighted by Crippen LogP contribution is 2.31. The quantitative estimate of drug-likeness (QED) is 0.430. The number of aromatic nitrogens is 5. The van der Waals surface area contributed by atoms with Crippen molar-refractivity contribution in [1.82, 2.24) is 30.0 Å². The highest BCUT2D eigenvalue weighted by molar-refractivity contribution is 7.99. The maximum atomic E-state index is 5.62. The monoisotopic (exact) mass is 407 g/mol. The SMILES string of the molecule is CNCCOc1ccc(Sc2ccc3ncnc(Nc4ccn(C)n4)c3c2)nc1. The summed E-state index contributed by atoms with van der Waals surface area (Å²) in [4.78, 5) is 14.3. The van der Waals surface area contributed by atoms with Gasteiger partial charge in [0.15, 0.2) is 5.82 Å². The third kappa shape index (κ3) is 4.82. The number of pyridine rings is 1. The summed E-state index contributed by atoms with van der Waals surface area (Å²) in [5, 5.41) is 12.5. The Morgan fingerprint density at radius 1 is 1.10 bits per heavy atom. The predicted molar refractivity (Wildman–Crippen MR) is 114 cm³/mol. The van der Waals surface area contributed by atoms with Crippen LogP contribution in [0.4, 0.5) is 11.6 Å². The summed E-state index contributed by atoms with van der Waals surface area (Å²) in [7, 11) is 3.77. The fourth-order valence-electron chi connectivity index (χ4n) is 2.71. The van der Waals surface area contributed by atoms with E-state index in [1.807, 2.05) is 50.6 Å². The Balaban J connectivity index is 1.53. The Bertz CT molecular complexity index is 1100. The van der Waals surface area contributed by atoms with Crippen LogP contribution in [0.1, 0.15) is 0 Å². The third-order valence-corrected chi connectivity index (χ3v) is 5.06. The molecule has 9 heteroatoms. The summed E-state index contributed by atoms with van der Waals surface area (Å²) < 4.78 is 7.36. The first-order valence-electron chi connectivity index (χ1n) is 9.14. The van der Waals surface area contributed by atoms with Crippen molar-refractivity contribution in [3.63, 3.8) is 0 Å². The van der Waals surface area contributed by atoms with Gasteiger partial charge < -0.3 is 15.4 Å². The summed E-state index contributed by atoms with van der Waals surface area (Å²) in [5.41, 5.74) is 0.865. The number of rotatable bonds is 8. The van der Waals surface area contributed by atoms with Crippen LogP contribution in [0.25, 0.3) is 10.9 Å². The van der Waals surface area contributed by atoms with Crippen LogP contribution in [0.15, 0.2) is 65.0 Å². The van der Waals surface area contributed by atoms with Crippen molar-refractivity contribution in [2.45, 2.75) is 9.92 Å². The van der Waals surface area contributed by atoms with Crippen molar-refractivity contribution in [2.24, 2.45) is 7.05 Å². The number of nitrogens with one attached hydrogen (secondary N) is 2. The molecule has 2 N–H and O–H groups in total. The van der Waals surface area contributed by atoms with Gasteiger partial charge in [-0.25, -0.2) is 15.0 Å². The van der Waals surface area contributed by atoms with Gasteiger partial charge in [0.1, 0.15) is 29.5 Å². The van der Waals surface area contributed by atoms with Crippen molar-refractivity contribution in [1.29, 1.82) is 0 Å². The highest BCUT2D eigenvalue weighted by atomic mass is 32.2. The van der Waals surface area contributed by atoms with Crippen LogP contribution >= 0.6 is 11.8 Å². The van der Waals surface area contributed by atoms with Crippen LogP contribution in [0, 0.1) is 0 Å². The molecule has 0 atom stereocenters. The number of ether oxygens (including phenoxy) is 1. The van der Waals surface area contributed by atoms with Crippen molar-refractivity contribution < 1.29 is 4.74 Å². The minimum atomic E-state index is 0.612. The van der Waals surface area contributed by atoms with Gasteiger partial charge in [0.2, 0.25) is 0 Å². The molecule has 0 fully saturated rings. The Kier molecular flexibility index (Phi) is 5.87. The number of hydrogen-bond donors (Lipinski definition) is 2. The zero-order chi connectivity index (χ0) is 20.1. The zero-order valence-corrected chi connectivity index (χ0v) is 17.0. The number of aryl methyl sites for hydroxylation is 1. The molecule has 0 spiro atoms. The summed E-state index contributed by atoms with van der Waals surface area (Å²) in [6, 6.07) is 11.9. The van der Waals surface area contributed by atoms with Gasteiger partial charge in [0, 0.05) is 36.1 Å². The van der Waals surface area contributed by atoms with E-state index in [1.54, 1.807) is 29.0 Å². The molecule has 4 aromatic rings. The van der Waals surface area contributed by atoms with Gasteiger partial charge in [-0.05, 0) is 37.4 Å². The van der Waals surface area contributed by atoms with Crippen molar-refractivity contribution in [2.75, 3.05) is 25.5 Å². The predicted octanol–water partition coefficient (Wildman–Crippen LogP) is 3.25. The second kappa shape index (κ2) is 8.89. The molecule has 0 unspecified atom stereocenters. The molecule has 4 rings (SSSR count). The number of likely N-dealkylation sites (N-methyl/N-ethyl adjacent to an activating group) is 1. The molecule has 3 heterocycles. The molecular weight excluding hydrogens is 386 g/mol. The van der Waals surface area contributed by atoms with Crippen LogP contribution < -0.4 is 15.4 Å². The number of hydrogen-bond acceptors (Lipinski definition) is 8. The van der Waals surface area contributed by atoms with E-state index in [2.05, 4.69) is 36.8 Å². The standard InChI is InChI=1S/C20H21N7OS/c1-21-8-10-28-14-3-6-19(22-12-14)29-15-4-5-17-16(11-15)20(24-13-23-17)25-18-7-9-27(2)26-18/h3-7,9,11-13,21H,8,10H2,1-2H3,(H,23,24,25,26). The Hall–Kier alpha value is -3.17. The first-order valence-corrected chi connectivity index (χ1v) is 9.95. The number of benzene rings is 1. The second-order valence-electron chi connectivity index (χ2n) is 6.29. The van der Waals surface area contributed by atoms with Crippen molar-refractivity contribution in [3.8, 4) is 5.75 Å².